The average Bonchev–Trinajstić information content (AvgIpc) is 3.10. The van der Waals surface area contributed by atoms with Crippen molar-refractivity contribution in [2.24, 2.45) is 0 Å². The summed E-state index contributed by atoms with van der Waals surface area (Å²) in [6.07, 6.45) is 7.36. The van der Waals surface area contributed by atoms with Crippen LogP contribution in [-0.4, -0.2) is 6.54 Å². The largest absolute Gasteiger partial charge is 0.306 e. The molecule has 3 aromatic rings. The van der Waals surface area contributed by atoms with Gasteiger partial charge in [0.15, 0.2) is 0 Å². The third kappa shape index (κ3) is 3.80. The molecule has 1 aliphatic carbocycles. The molecule has 1 N–H and O–H groups in total. The summed E-state index contributed by atoms with van der Waals surface area (Å²) in [5, 5.41) is 6.56. The number of fused-ring (bicyclic) bond motifs is 1. The van der Waals surface area contributed by atoms with Crippen molar-refractivity contribution in [2.75, 3.05) is 6.54 Å². The van der Waals surface area contributed by atoms with E-state index in [9.17, 15) is 0 Å². The maximum absolute atomic E-state index is 6.16. The van der Waals surface area contributed by atoms with Crippen LogP contribution >= 0.6 is 34.5 Å². The van der Waals surface area contributed by atoms with Gasteiger partial charge in [0.1, 0.15) is 0 Å². The number of thiophene rings is 1. The highest BCUT2D eigenvalue weighted by Crippen LogP contribution is 2.42. The van der Waals surface area contributed by atoms with Crippen molar-refractivity contribution in [1.29, 1.82) is 0 Å². The molecule has 1 nitrogen and oxygen atoms in total. The third-order valence-corrected chi connectivity index (χ3v) is 7.52. The van der Waals surface area contributed by atoms with E-state index < -0.39 is 0 Å². The summed E-state index contributed by atoms with van der Waals surface area (Å²) in [7, 11) is 0. The molecule has 26 heavy (non-hydrogen) atoms. The van der Waals surface area contributed by atoms with Gasteiger partial charge >= 0.3 is 0 Å². The predicted octanol–water partition coefficient (Wildman–Crippen LogP) is 7.20. The van der Waals surface area contributed by atoms with E-state index in [1.54, 1.807) is 0 Å². The van der Waals surface area contributed by atoms with Crippen LogP contribution in [0.5, 0.6) is 0 Å². The van der Waals surface area contributed by atoms with Crippen molar-refractivity contribution in [1.82, 2.24) is 5.32 Å². The van der Waals surface area contributed by atoms with Crippen LogP contribution < -0.4 is 5.32 Å². The molecule has 0 aliphatic heterocycles. The molecule has 1 aliphatic rings. The molecule has 0 radical (unpaired) electrons. The van der Waals surface area contributed by atoms with Gasteiger partial charge in [-0.05, 0) is 54.5 Å². The fraction of sp³-hybridized carbons (Fsp3) is 0.364. The van der Waals surface area contributed by atoms with Crippen molar-refractivity contribution in [3.63, 3.8) is 0 Å². The van der Waals surface area contributed by atoms with Gasteiger partial charge in [0, 0.05) is 16.1 Å². The molecule has 0 unspecified atom stereocenters. The Balaban J connectivity index is 1.53. The standard InChI is InChI=1S/C22H23Cl2NS/c23-18-9-8-16(14-19(18)24)10-13-25-22(11-4-1-5-12-22)21-15-17-6-2-3-7-20(17)26-21/h2-3,6-9,14-15,25H,1,4-5,10-13H2. The van der Waals surface area contributed by atoms with E-state index in [4.69, 9.17) is 23.2 Å². The molecule has 2 aromatic carbocycles. The SMILES string of the molecule is Clc1ccc(CCNC2(c3cc4ccccc4s3)CCCCC2)cc1Cl. The number of rotatable bonds is 5. The fourth-order valence-electron chi connectivity index (χ4n) is 4.02. The molecule has 0 saturated heterocycles. The minimum atomic E-state index is 0.123. The van der Waals surface area contributed by atoms with E-state index in [2.05, 4.69) is 41.7 Å². The maximum Gasteiger partial charge on any atom is 0.0595 e. The Morgan fingerprint density at radius 2 is 1.73 bits per heavy atom. The quantitative estimate of drug-likeness (QED) is 0.474. The smallest absolute Gasteiger partial charge is 0.0595 e. The van der Waals surface area contributed by atoms with Crippen molar-refractivity contribution in [3.05, 3.63) is 69.0 Å². The molecular weight excluding hydrogens is 381 g/mol. The zero-order valence-electron chi connectivity index (χ0n) is 14.7. The number of hydrogen-bond donors (Lipinski definition) is 1. The van der Waals surface area contributed by atoms with Gasteiger partial charge in [-0.3, -0.25) is 0 Å². The molecule has 0 amide bonds. The lowest BCUT2D eigenvalue weighted by atomic mass is 9.80. The van der Waals surface area contributed by atoms with Crippen molar-refractivity contribution < 1.29 is 0 Å². The van der Waals surface area contributed by atoms with Gasteiger partial charge in [-0.1, -0.05) is 66.7 Å². The first kappa shape index (κ1) is 18.3. The first-order valence-corrected chi connectivity index (χ1v) is 10.9. The second-order valence-electron chi connectivity index (χ2n) is 7.22. The molecule has 1 aromatic heterocycles. The zero-order chi connectivity index (χ0) is 18.0. The van der Waals surface area contributed by atoms with E-state index in [-0.39, 0.29) is 5.54 Å². The molecule has 1 fully saturated rings. The molecule has 4 heteroatoms. The Labute approximate surface area is 169 Å². The highest BCUT2D eigenvalue weighted by atomic mass is 35.5. The predicted molar refractivity (Wildman–Crippen MR) is 115 cm³/mol. The van der Waals surface area contributed by atoms with Crippen LogP contribution in [0.3, 0.4) is 0 Å². The van der Waals surface area contributed by atoms with Crippen LogP contribution in [0.1, 0.15) is 42.5 Å². The normalized spacial score (nSPS) is 16.8. The lowest BCUT2D eigenvalue weighted by Gasteiger charge is -2.38. The second-order valence-corrected chi connectivity index (χ2v) is 9.11. The average molecular weight is 404 g/mol. The van der Waals surface area contributed by atoms with Crippen LogP contribution in [0.25, 0.3) is 10.1 Å². The number of benzene rings is 2. The third-order valence-electron chi connectivity index (χ3n) is 5.47. The fourth-order valence-corrected chi connectivity index (χ4v) is 5.63. The number of hydrogen-bond acceptors (Lipinski definition) is 2. The summed E-state index contributed by atoms with van der Waals surface area (Å²) in [6, 6.07) is 17.1. The molecule has 1 heterocycles. The molecule has 1 saturated carbocycles. The Bertz CT molecular complexity index is 863. The topological polar surface area (TPSA) is 12.0 Å². The molecule has 0 bridgehead atoms. The lowest BCUT2D eigenvalue weighted by Crippen LogP contribution is -2.44. The van der Waals surface area contributed by atoms with Gasteiger partial charge in [-0.2, -0.15) is 0 Å². The summed E-state index contributed by atoms with van der Waals surface area (Å²) >= 11 is 14.1. The van der Waals surface area contributed by atoms with Gasteiger partial charge in [0.05, 0.1) is 15.6 Å². The maximum atomic E-state index is 6.16. The number of nitrogens with one attached hydrogen (secondary N) is 1. The van der Waals surface area contributed by atoms with Crippen molar-refractivity contribution in [3.8, 4) is 0 Å². The first-order chi connectivity index (χ1) is 12.7. The van der Waals surface area contributed by atoms with Crippen LogP contribution in [0.2, 0.25) is 10.0 Å². The Kier molecular flexibility index (Phi) is 5.56. The minimum Gasteiger partial charge on any atom is -0.306 e. The van der Waals surface area contributed by atoms with Crippen molar-refractivity contribution >= 4 is 44.6 Å². The Hall–Kier alpha value is -1.06. The number of halogens is 2. The van der Waals surface area contributed by atoms with E-state index in [0.29, 0.717) is 10.0 Å². The van der Waals surface area contributed by atoms with Gasteiger partial charge in [-0.15, -0.1) is 11.3 Å². The van der Waals surface area contributed by atoms with E-state index in [1.165, 1.54) is 52.6 Å². The Morgan fingerprint density at radius 3 is 2.50 bits per heavy atom. The van der Waals surface area contributed by atoms with Crippen LogP contribution in [-0.2, 0) is 12.0 Å². The van der Waals surface area contributed by atoms with Crippen LogP contribution in [0, 0.1) is 0 Å². The van der Waals surface area contributed by atoms with Gasteiger partial charge in [0.2, 0.25) is 0 Å². The highest BCUT2D eigenvalue weighted by Gasteiger charge is 2.34. The summed E-state index contributed by atoms with van der Waals surface area (Å²) in [5.74, 6) is 0. The minimum absolute atomic E-state index is 0.123. The van der Waals surface area contributed by atoms with E-state index in [1.807, 2.05) is 23.5 Å². The van der Waals surface area contributed by atoms with Gasteiger partial charge in [0.25, 0.3) is 0 Å². The molecule has 0 atom stereocenters. The van der Waals surface area contributed by atoms with E-state index in [0.717, 1.165) is 13.0 Å². The monoisotopic (exact) mass is 403 g/mol. The molecule has 136 valence electrons. The van der Waals surface area contributed by atoms with Crippen molar-refractivity contribution in [2.45, 2.75) is 44.1 Å². The van der Waals surface area contributed by atoms with Crippen LogP contribution in [0.15, 0.2) is 48.5 Å². The summed E-state index contributed by atoms with van der Waals surface area (Å²) in [4.78, 5) is 1.49. The Morgan fingerprint density at radius 1 is 0.923 bits per heavy atom. The zero-order valence-corrected chi connectivity index (χ0v) is 17.1. The lowest BCUT2D eigenvalue weighted by molar-refractivity contribution is 0.240. The highest BCUT2D eigenvalue weighted by molar-refractivity contribution is 7.19. The van der Waals surface area contributed by atoms with E-state index >= 15 is 0 Å². The molecule has 0 spiro atoms. The van der Waals surface area contributed by atoms with Gasteiger partial charge in [-0.25, -0.2) is 0 Å². The molecular formula is C22H23Cl2NS. The summed E-state index contributed by atoms with van der Waals surface area (Å²) < 4.78 is 1.39. The first-order valence-electron chi connectivity index (χ1n) is 9.34. The molecule has 4 rings (SSSR count). The summed E-state index contributed by atoms with van der Waals surface area (Å²) in [5.41, 5.74) is 1.35. The van der Waals surface area contributed by atoms with Crippen LogP contribution in [0.4, 0.5) is 0 Å². The van der Waals surface area contributed by atoms with Gasteiger partial charge < -0.3 is 5.32 Å². The summed E-state index contributed by atoms with van der Waals surface area (Å²) in [6.45, 7) is 0.951. The second kappa shape index (κ2) is 7.90.